The first-order valence-corrected chi connectivity index (χ1v) is 7.52. The fourth-order valence-electron chi connectivity index (χ4n) is 2.01. The van der Waals surface area contributed by atoms with Gasteiger partial charge in [0, 0.05) is 5.69 Å². The van der Waals surface area contributed by atoms with Gasteiger partial charge in [0.1, 0.15) is 0 Å². The molecule has 2 aromatic rings. The summed E-state index contributed by atoms with van der Waals surface area (Å²) in [5, 5.41) is 13.3. The van der Waals surface area contributed by atoms with Crippen LogP contribution in [0.3, 0.4) is 0 Å². The molecule has 0 saturated carbocycles. The summed E-state index contributed by atoms with van der Waals surface area (Å²) >= 11 is 18.2. The van der Waals surface area contributed by atoms with Crippen LogP contribution in [0.1, 0.15) is 24.1 Å². The predicted octanol–water partition coefficient (Wildman–Crippen LogP) is 5.89. The third-order valence-electron chi connectivity index (χ3n) is 3.15. The second kappa shape index (κ2) is 7.04. The quantitative estimate of drug-likeness (QED) is 0.705. The van der Waals surface area contributed by atoms with E-state index in [2.05, 4.69) is 11.4 Å². The Morgan fingerprint density at radius 2 is 1.71 bits per heavy atom. The van der Waals surface area contributed by atoms with Gasteiger partial charge in [-0.3, -0.25) is 0 Å². The lowest BCUT2D eigenvalue weighted by Crippen LogP contribution is -2.07. The van der Waals surface area contributed by atoms with Gasteiger partial charge in [0.2, 0.25) is 0 Å². The Balaban J connectivity index is 2.16. The monoisotopic (exact) mass is 338 g/mol. The summed E-state index contributed by atoms with van der Waals surface area (Å²) in [7, 11) is 0. The minimum atomic E-state index is -0.0194. The van der Waals surface area contributed by atoms with Crippen molar-refractivity contribution in [2.75, 3.05) is 5.32 Å². The molecule has 0 radical (unpaired) electrons. The van der Waals surface area contributed by atoms with Crippen molar-refractivity contribution in [2.24, 2.45) is 0 Å². The molecule has 0 aromatic heterocycles. The van der Waals surface area contributed by atoms with Gasteiger partial charge in [0.05, 0.1) is 33.6 Å². The van der Waals surface area contributed by atoms with Crippen molar-refractivity contribution in [3.63, 3.8) is 0 Å². The van der Waals surface area contributed by atoms with Crippen molar-refractivity contribution >= 4 is 40.5 Å². The Bertz CT molecular complexity index is 675. The van der Waals surface area contributed by atoms with Crippen LogP contribution in [0.4, 0.5) is 5.69 Å². The first kappa shape index (κ1) is 16.0. The number of nitrogens with one attached hydrogen (secondary N) is 1. The number of halogens is 3. The van der Waals surface area contributed by atoms with E-state index in [0.717, 1.165) is 16.8 Å². The summed E-state index contributed by atoms with van der Waals surface area (Å²) in [5.41, 5.74) is 2.82. The summed E-state index contributed by atoms with van der Waals surface area (Å²) in [5.74, 6) is 0. The van der Waals surface area contributed by atoms with Crippen LogP contribution in [0.5, 0.6) is 0 Å². The number of anilines is 1. The topological polar surface area (TPSA) is 35.8 Å². The van der Waals surface area contributed by atoms with Crippen LogP contribution in [0.15, 0.2) is 36.4 Å². The van der Waals surface area contributed by atoms with E-state index in [9.17, 15) is 0 Å². The van der Waals surface area contributed by atoms with E-state index in [4.69, 9.17) is 40.1 Å². The van der Waals surface area contributed by atoms with Crippen LogP contribution < -0.4 is 5.32 Å². The van der Waals surface area contributed by atoms with E-state index in [1.807, 2.05) is 37.3 Å². The van der Waals surface area contributed by atoms with Gasteiger partial charge in [-0.25, -0.2) is 0 Å². The minimum absolute atomic E-state index is 0.0194. The molecule has 0 aliphatic rings. The van der Waals surface area contributed by atoms with Crippen LogP contribution in [0, 0.1) is 11.3 Å². The van der Waals surface area contributed by atoms with E-state index in [1.54, 1.807) is 6.07 Å². The van der Waals surface area contributed by atoms with Gasteiger partial charge in [-0.2, -0.15) is 5.26 Å². The molecule has 1 N–H and O–H groups in total. The number of benzene rings is 2. The van der Waals surface area contributed by atoms with Crippen molar-refractivity contribution in [3.8, 4) is 6.07 Å². The van der Waals surface area contributed by atoms with E-state index in [0.29, 0.717) is 21.5 Å². The molecule has 0 amide bonds. The van der Waals surface area contributed by atoms with Crippen molar-refractivity contribution in [1.29, 1.82) is 5.26 Å². The highest BCUT2D eigenvalue weighted by molar-refractivity contribution is 6.48. The molecule has 0 heterocycles. The molecule has 0 aliphatic heterocycles. The summed E-state index contributed by atoms with van der Waals surface area (Å²) in [6.07, 6.45) is 0.411. The van der Waals surface area contributed by atoms with E-state index >= 15 is 0 Å². The van der Waals surface area contributed by atoms with E-state index in [-0.39, 0.29) is 6.04 Å². The third-order valence-corrected chi connectivity index (χ3v) is 4.46. The molecule has 1 atom stereocenters. The highest BCUT2D eigenvalue weighted by Gasteiger charge is 2.14. The molecule has 21 heavy (non-hydrogen) atoms. The van der Waals surface area contributed by atoms with Gasteiger partial charge in [-0.05, 0) is 36.2 Å². The Hall–Kier alpha value is -1.40. The molecule has 5 heteroatoms. The zero-order chi connectivity index (χ0) is 15.4. The fourth-order valence-corrected chi connectivity index (χ4v) is 2.72. The van der Waals surface area contributed by atoms with Gasteiger partial charge in [0.15, 0.2) is 0 Å². The van der Waals surface area contributed by atoms with Crippen molar-refractivity contribution in [3.05, 3.63) is 62.6 Å². The van der Waals surface area contributed by atoms with Gasteiger partial charge < -0.3 is 5.32 Å². The number of hydrogen-bond acceptors (Lipinski definition) is 2. The minimum Gasteiger partial charge on any atom is -0.378 e. The lowest BCUT2D eigenvalue weighted by atomic mass is 10.1. The first-order valence-electron chi connectivity index (χ1n) is 6.38. The molecule has 0 saturated heterocycles. The normalized spacial score (nSPS) is 11.8. The molecule has 108 valence electrons. The first-order chi connectivity index (χ1) is 10.0. The number of nitriles is 1. The molecule has 0 spiro atoms. The van der Waals surface area contributed by atoms with Crippen LogP contribution >= 0.6 is 34.8 Å². The van der Waals surface area contributed by atoms with Crippen LogP contribution in [0.2, 0.25) is 15.1 Å². The molecule has 0 bridgehead atoms. The largest absolute Gasteiger partial charge is 0.378 e. The molecule has 0 fully saturated rings. The maximum atomic E-state index is 8.66. The molecule has 2 rings (SSSR count). The highest BCUT2D eigenvalue weighted by atomic mass is 35.5. The molecule has 0 aliphatic carbocycles. The standard InChI is InChI=1S/C16H13Cl3N2/c1-10(13-6-7-14(17)16(19)15(13)18)21-12-4-2-11(3-5-12)8-9-20/h2-7,10,21H,8H2,1H3. The molecule has 2 nitrogen and oxygen atoms in total. The number of rotatable bonds is 4. The Morgan fingerprint density at radius 1 is 1.05 bits per heavy atom. The molecule has 2 aromatic carbocycles. The number of nitrogens with zero attached hydrogens (tertiary/aromatic N) is 1. The maximum absolute atomic E-state index is 8.66. The highest BCUT2D eigenvalue weighted by Crippen LogP contribution is 2.36. The average Bonchev–Trinajstić information content (AvgIpc) is 2.47. The van der Waals surface area contributed by atoms with Crippen LogP contribution in [-0.4, -0.2) is 0 Å². The second-order valence-electron chi connectivity index (χ2n) is 4.66. The lowest BCUT2D eigenvalue weighted by molar-refractivity contribution is 0.885. The molecular weight excluding hydrogens is 327 g/mol. The van der Waals surface area contributed by atoms with Gasteiger partial charge >= 0.3 is 0 Å². The average molecular weight is 340 g/mol. The molecular formula is C16H13Cl3N2. The van der Waals surface area contributed by atoms with Crippen molar-refractivity contribution in [1.82, 2.24) is 0 Å². The lowest BCUT2D eigenvalue weighted by Gasteiger charge is -2.18. The SMILES string of the molecule is CC(Nc1ccc(CC#N)cc1)c1ccc(Cl)c(Cl)c1Cl. The Morgan fingerprint density at radius 3 is 2.33 bits per heavy atom. The van der Waals surface area contributed by atoms with Crippen LogP contribution in [0.25, 0.3) is 0 Å². The fraction of sp³-hybridized carbons (Fsp3) is 0.188. The Kier molecular flexibility index (Phi) is 5.36. The summed E-state index contributed by atoms with van der Waals surface area (Å²) in [6.45, 7) is 1.99. The van der Waals surface area contributed by atoms with Gasteiger partial charge in [-0.15, -0.1) is 0 Å². The Labute approximate surface area is 139 Å². The zero-order valence-electron chi connectivity index (χ0n) is 11.3. The van der Waals surface area contributed by atoms with Gasteiger partial charge in [-0.1, -0.05) is 53.0 Å². The number of hydrogen-bond donors (Lipinski definition) is 1. The van der Waals surface area contributed by atoms with Crippen molar-refractivity contribution < 1.29 is 0 Å². The van der Waals surface area contributed by atoms with E-state index in [1.165, 1.54) is 0 Å². The third kappa shape index (κ3) is 3.83. The zero-order valence-corrected chi connectivity index (χ0v) is 13.6. The van der Waals surface area contributed by atoms with Crippen molar-refractivity contribution in [2.45, 2.75) is 19.4 Å². The van der Waals surface area contributed by atoms with Gasteiger partial charge in [0.25, 0.3) is 0 Å². The molecule has 1 unspecified atom stereocenters. The van der Waals surface area contributed by atoms with E-state index < -0.39 is 0 Å². The smallest absolute Gasteiger partial charge is 0.0782 e. The second-order valence-corrected chi connectivity index (χ2v) is 5.83. The summed E-state index contributed by atoms with van der Waals surface area (Å²) < 4.78 is 0. The maximum Gasteiger partial charge on any atom is 0.0782 e. The van der Waals surface area contributed by atoms with Crippen LogP contribution in [-0.2, 0) is 6.42 Å². The summed E-state index contributed by atoms with van der Waals surface area (Å²) in [6, 6.07) is 13.4. The predicted molar refractivity (Wildman–Crippen MR) is 89.3 cm³/mol. The summed E-state index contributed by atoms with van der Waals surface area (Å²) in [4.78, 5) is 0.